The monoisotopic (exact) mass is 402 g/mol. The fraction of sp³-hybridized carbons (Fsp3) is 0.786. The van der Waals surface area contributed by atoms with Crippen molar-refractivity contribution in [3.8, 4) is 0 Å². The number of carbonyl (C=O) groups excluding carboxylic acids is 1. The molecule has 1 aliphatic heterocycles. The average Bonchev–Trinajstić information content (AvgIpc) is 2.86. The van der Waals surface area contributed by atoms with Crippen molar-refractivity contribution in [2.45, 2.75) is 43.7 Å². The molecular formula is C14H21ClO3Te. The molecule has 0 radical (unpaired) electrons. The zero-order valence-electron chi connectivity index (χ0n) is 11.6. The molecule has 1 heterocycles. The van der Waals surface area contributed by atoms with Crippen LogP contribution in [0.2, 0.25) is 4.47 Å². The zero-order chi connectivity index (χ0) is 13.9. The number of esters is 1. The van der Waals surface area contributed by atoms with Crippen LogP contribution in [0.3, 0.4) is 0 Å². The molecule has 2 saturated carbocycles. The summed E-state index contributed by atoms with van der Waals surface area (Å²) < 4.78 is 13.8. The Bertz CT molecular complexity index is 450. The Morgan fingerprint density at radius 1 is 1.53 bits per heavy atom. The van der Waals surface area contributed by atoms with Crippen LogP contribution in [0.25, 0.3) is 0 Å². The maximum atomic E-state index is 11.2. The van der Waals surface area contributed by atoms with E-state index in [0.29, 0.717) is 11.5 Å². The first-order valence-electron chi connectivity index (χ1n) is 6.78. The molecule has 1 saturated heterocycles. The normalized spacial score (nSPS) is 50.1. The quantitative estimate of drug-likeness (QED) is 0.406. The molecule has 0 aromatic carbocycles. The molecule has 4 atom stereocenters. The van der Waals surface area contributed by atoms with Crippen molar-refractivity contribution >= 4 is 32.4 Å². The number of methoxy groups -OCH3 is 1. The van der Waals surface area contributed by atoms with Crippen LogP contribution >= 0.6 is 8.96 Å². The molecule has 0 aromatic heterocycles. The van der Waals surface area contributed by atoms with Crippen LogP contribution in [0, 0.1) is 16.7 Å². The summed E-state index contributed by atoms with van der Waals surface area (Å²) in [5.74, 6) is 0.444. The summed E-state index contributed by atoms with van der Waals surface area (Å²) >= 11 is -3.01. The van der Waals surface area contributed by atoms with E-state index in [-0.39, 0.29) is 11.4 Å². The van der Waals surface area contributed by atoms with Gasteiger partial charge in [-0.3, -0.25) is 0 Å². The van der Waals surface area contributed by atoms with E-state index in [1.54, 1.807) is 0 Å². The van der Waals surface area contributed by atoms with Crippen LogP contribution in [0.4, 0.5) is 0 Å². The van der Waals surface area contributed by atoms with Crippen molar-refractivity contribution < 1.29 is 12.6 Å². The van der Waals surface area contributed by atoms with E-state index in [0.717, 1.165) is 16.8 Å². The van der Waals surface area contributed by atoms with E-state index in [1.807, 2.05) is 4.12 Å². The summed E-state index contributed by atoms with van der Waals surface area (Å²) in [5, 5.41) is 0. The molecule has 5 heteroatoms. The molecule has 3 aliphatic rings. The average molecular weight is 400 g/mol. The first-order chi connectivity index (χ1) is 8.83. The molecule has 0 N–H and O–H groups in total. The number of rotatable bonds is 2. The molecule has 4 unspecified atom stereocenters. The predicted molar refractivity (Wildman–Crippen MR) is 76.0 cm³/mol. The first kappa shape index (κ1) is 14.2. The molecule has 19 heavy (non-hydrogen) atoms. The summed E-state index contributed by atoms with van der Waals surface area (Å²) in [7, 11) is 8.14. The fourth-order valence-electron chi connectivity index (χ4n) is 4.36. The van der Waals surface area contributed by atoms with Crippen LogP contribution in [0.5, 0.6) is 0 Å². The van der Waals surface area contributed by atoms with E-state index in [1.165, 1.54) is 26.0 Å². The number of hydrogen-bond acceptors (Lipinski definition) is 3. The number of ether oxygens (including phenoxy) is 1. The van der Waals surface area contributed by atoms with Crippen molar-refractivity contribution in [2.24, 2.45) is 16.7 Å². The van der Waals surface area contributed by atoms with Gasteiger partial charge >= 0.3 is 123 Å². The molecule has 3 rings (SSSR count). The van der Waals surface area contributed by atoms with Crippen LogP contribution in [0.15, 0.2) is 10.2 Å². The number of hydrogen-bond donors (Lipinski definition) is 0. The van der Waals surface area contributed by atoms with E-state index in [4.69, 9.17) is 12.1 Å². The van der Waals surface area contributed by atoms with E-state index in [2.05, 4.69) is 18.6 Å². The van der Waals surface area contributed by atoms with Crippen molar-refractivity contribution in [1.82, 2.24) is 0 Å². The molecule has 0 aromatic rings. The summed E-state index contributed by atoms with van der Waals surface area (Å²) in [6.45, 7) is 4.76. The van der Waals surface area contributed by atoms with Crippen LogP contribution < -0.4 is 0 Å². The van der Waals surface area contributed by atoms with Gasteiger partial charge in [0.1, 0.15) is 0 Å². The Morgan fingerprint density at radius 2 is 2.26 bits per heavy atom. The van der Waals surface area contributed by atoms with E-state index in [9.17, 15) is 4.79 Å². The standard InChI is InChI=1S/C14H21ClO3Te/c1-13(2)10-4-6-14(13)9-19(15,18-11(14)8-10)7-5-12(16)17-3/h5,7,10-11H,4,6,8-9H2,1-3H3/b7-5-. The van der Waals surface area contributed by atoms with Crippen LogP contribution in [0.1, 0.15) is 33.1 Å². The van der Waals surface area contributed by atoms with Crippen LogP contribution in [-0.2, 0) is 12.6 Å². The van der Waals surface area contributed by atoms with Crippen molar-refractivity contribution in [1.29, 1.82) is 0 Å². The van der Waals surface area contributed by atoms with Gasteiger partial charge in [-0.05, 0) is 0 Å². The van der Waals surface area contributed by atoms with Crippen LogP contribution in [-0.4, -0.2) is 36.7 Å². The molecule has 108 valence electrons. The number of halogens is 1. The van der Waals surface area contributed by atoms with Gasteiger partial charge in [0.15, 0.2) is 0 Å². The van der Waals surface area contributed by atoms with E-state index >= 15 is 0 Å². The van der Waals surface area contributed by atoms with Gasteiger partial charge < -0.3 is 0 Å². The fourth-order valence-corrected chi connectivity index (χ4v) is 14.0. The van der Waals surface area contributed by atoms with Gasteiger partial charge in [0.2, 0.25) is 0 Å². The van der Waals surface area contributed by atoms with Gasteiger partial charge in [0.25, 0.3) is 0 Å². The molecule has 3 nitrogen and oxygen atoms in total. The van der Waals surface area contributed by atoms with Gasteiger partial charge in [-0.2, -0.15) is 0 Å². The Kier molecular flexibility index (Phi) is 3.27. The van der Waals surface area contributed by atoms with Gasteiger partial charge in [-0.25, -0.2) is 0 Å². The number of fused-ring (bicyclic) bond motifs is 1. The second-order valence-electron chi connectivity index (χ2n) is 6.55. The van der Waals surface area contributed by atoms with Crippen molar-refractivity contribution in [3.05, 3.63) is 10.2 Å². The Morgan fingerprint density at radius 3 is 2.84 bits per heavy atom. The van der Waals surface area contributed by atoms with Gasteiger partial charge in [0.05, 0.1) is 0 Å². The molecule has 3 fully saturated rings. The minimum absolute atomic E-state index is 0.265. The molecule has 2 bridgehead atoms. The SMILES string of the molecule is COC(=O)/C=C\[Te]1(Cl)CC23CCC(CC2O1)C3(C)C. The molecular weight excluding hydrogens is 379 g/mol. The summed E-state index contributed by atoms with van der Waals surface area (Å²) in [5.41, 5.74) is 0.598. The van der Waals surface area contributed by atoms with E-state index < -0.39 is 17.5 Å². The second kappa shape index (κ2) is 4.37. The third kappa shape index (κ3) is 1.91. The second-order valence-corrected chi connectivity index (χ2v) is 15.9. The third-order valence-electron chi connectivity index (χ3n) is 5.70. The Labute approximate surface area is 122 Å². The van der Waals surface area contributed by atoms with Crippen molar-refractivity contribution in [2.75, 3.05) is 7.11 Å². The molecule has 0 amide bonds. The van der Waals surface area contributed by atoms with Gasteiger partial charge in [-0.15, -0.1) is 0 Å². The van der Waals surface area contributed by atoms with Gasteiger partial charge in [0, 0.05) is 0 Å². The maximum absolute atomic E-state index is 11.2. The topological polar surface area (TPSA) is 35.5 Å². The molecule has 1 spiro atoms. The predicted octanol–water partition coefficient (Wildman–Crippen LogP) is 3.16. The van der Waals surface area contributed by atoms with Crippen molar-refractivity contribution in [3.63, 3.8) is 0 Å². The first-order valence-corrected chi connectivity index (χ1v) is 13.7. The molecule has 2 aliphatic carbocycles. The summed E-state index contributed by atoms with van der Waals surface area (Å²) in [6.07, 6.45) is 5.48. The number of carbonyl (C=O) groups is 1. The Hall–Kier alpha value is 0.250. The Balaban J connectivity index is 1.84. The minimum atomic E-state index is -3.01. The third-order valence-corrected chi connectivity index (χ3v) is 13.3. The summed E-state index contributed by atoms with van der Waals surface area (Å²) in [6, 6.07) is 0. The zero-order valence-corrected chi connectivity index (χ0v) is 14.7. The summed E-state index contributed by atoms with van der Waals surface area (Å²) in [4.78, 5) is 11.2. The van der Waals surface area contributed by atoms with Gasteiger partial charge in [-0.1, -0.05) is 0 Å².